The van der Waals surface area contributed by atoms with Gasteiger partial charge in [-0.15, -0.1) is 11.3 Å². The average Bonchev–Trinajstić information content (AvgIpc) is 2.96. The number of rotatable bonds is 4. The summed E-state index contributed by atoms with van der Waals surface area (Å²) >= 11 is 7.62. The van der Waals surface area contributed by atoms with Crippen LogP contribution in [-0.2, 0) is 13.0 Å². The van der Waals surface area contributed by atoms with Crippen LogP contribution in [0.15, 0.2) is 42.6 Å². The number of halogens is 1. The van der Waals surface area contributed by atoms with Crippen molar-refractivity contribution in [2.45, 2.75) is 25.9 Å². The molecule has 2 nitrogen and oxygen atoms in total. The van der Waals surface area contributed by atoms with Gasteiger partial charge in [-0.25, -0.2) is 0 Å². The number of nitrogens with zero attached hydrogens (tertiary/aromatic N) is 1. The first-order chi connectivity index (χ1) is 9.61. The van der Waals surface area contributed by atoms with Crippen LogP contribution in [-0.4, -0.2) is 10.6 Å². The lowest BCUT2D eigenvalue weighted by molar-refractivity contribution is 0.738. The van der Waals surface area contributed by atoms with Gasteiger partial charge in [0.25, 0.3) is 0 Å². The molecule has 4 heteroatoms. The molecule has 0 saturated carbocycles. The van der Waals surface area contributed by atoms with E-state index in [1.165, 1.54) is 21.3 Å². The molecule has 0 aliphatic heterocycles. The molecular weight excluding hydrogens is 288 g/mol. The molecule has 2 heterocycles. The van der Waals surface area contributed by atoms with Gasteiger partial charge in [0.15, 0.2) is 0 Å². The van der Waals surface area contributed by atoms with Crippen LogP contribution in [0, 0.1) is 0 Å². The third kappa shape index (κ3) is 2.90. The summed E-state index contributed by atoms with van der Waals surface area (Å²) in [4.78, 5) is 1.27. The molecular formula is C16H17ClN2S. The summed E-state index contributed by atoms with van der Waals surface area (Å²) in [5.74, 6) is 0. The third-order valence-electron chi connectivity index (χ3n) is 3.35. The summed E-state index contributed by atoms with van der Waals surface area (Å²) in [5, 5.41) is 1.27. The normalized spacial score (nSPS) is 12.9. The Morgan fingerprint density at radius 2 is 2.10 bits per heavy atom. The van der Waals surface area contributed by atoms with E-state index < -0.39 is 0 Å². The maximum absolute atomic E-state index is 5.99. The van der Waals surface area contributed by atoms with E-state index in [2.05, 4.69) is 41.1 Å². The van der Waals surface area contributed by atoms with Gasteiger partial charge >= 0.3 is 0 Å². The van der Waals surface area contributed by atoms with Crippen LogP contribution < -0.4 is 5.73 Å². The fourth-order valence-electron chi connectivity index (χ4n) is 2.49. The molecule has 1 aromatic carbocycles. The number of hydrogen-bond acceptors (Lipinski definition) is 2. The molecule has 0 saturated heterocycles. The molecule has 0 bridgehead atoms. The van der Waals surface area contributed by atoms with Crippen LogP contribution >= 0.6 is 22.9 Å². The highest BCUT2D eigenvalue weighted by Gasteiger charge is 2.05. The van der Waals surface area contributed by atoms with Crippen LogP contribution in [0.5, 0.6) is 0 Å². The molecule has 3 rings (SSSR count). The van der Waals surface area contributed by atoms with Crippen molar-refractivity contribution in [3.05, 3.63) is 57.4 Å². The van der Waals surface area contributed by atoms with Crippen LogP contribution in [0.1, 0.15) is 17.4 Å². The Balaban J connectivity index is 1.89. The van der Waals surface area contributed by atoms with Gasteiger partial charge in [-0.1, -0.05) is 17.7 Å². The molecule has 3 aromatic rings. The fourth-order valence-corrected chi connectivity index (χ4v) is 3.58. The summed E-state index contributed by atoms with van der Waals surface area (Å²) in [6.45, 7) is 2.91. The summed E-state index contributed by atoms with van der Waals surface area (Å²) in [6.07, 6.45) is 3.05. The standard InChI is InChI=1S/C16H17ClN2S/c1-11(18)8-12-2-4-15-13(9-12)6-7-19(15)10-14-3-5-16(17)20-14/h2-7,9,11H,8,10,18H2,1H3. The van der Waals surface area contributed by atoms with Crippen molar-refractivity contribution >= 4 is 33.8 Å². The molecule has 1 atom stereocenters. The Morgan fingerprint density at radius 1 is 1.25 bits per heavy atom. The van der Waals surface area contributed by atoms with Crippen molar-refractivity contribution in [3.63, 3.8) is 0 Å². The van der Waals surface area contributed by atoms with Crippen molar-refractivity contribution in [2.24, 2.45) is 5.73 Å². The zero-order valence-electron chi connectivity index (χ0n) is 11.3. The maximum Gasteiger partial charge on any atom is 0.0931 e. The van der Waals surface area contributed by atoms with Crippen molar-refractivity contribution in [1.29, 1.82) is 0 Å². The van der Waals surface area contributed by atoms with Gasteiger partial charge in [0.1, 0.15) is 0 Å². The van der Waals surface area contributed by atoms with E-state index in [1.54, 1.807) is 11.3 Å². The first kappa shape index (κ1) is 13.7. The summed E-state index contributed by atoms with van der Waals surface area (Å²) in [5.41, 5.74) is 8.41. The fraction of sp³-hybridized carbons (Fsp3) is 0.250. The smallest absolute Gasteiger partial charge is 0.0931 e. The molecule has 0 fully saturated rings. The lowest BCUT2D eigenvalue weighted by atomic mass is 10.1. The van der Waals surface area contributed by atoms with Crippen LogP contribution in [0.2, 0.25) is 4.34 Å². The van der Waals surface area contributed by atoms with Crippen molar-refractivity contribution in [1.82, 2.24) is 4.57 Å². The molecule has 0 radical (unpaired) electrons. The minimum absolute atomic E-state index is 0.197. The highest BCUT2D eigenvalue weighted by Crippen LogP contribution is 2.25. The van der Waals surface area contributed by atoms with Crippen LogP contribution in [0.25, 0.3) is 10.9 Å². The molecule has 2 aromatic heterocycles. The van der Waals surface area contributed by atoms with Gasteiger partial charge in [-0.2, -0.15) is 0 Å². The lowest BCUT2D eigenvalue weighted by Crippen LogP contribution is -2.17. The molecule has 104 valence electrons. The van der Waals surface area contributed by atoms with Crippen LogP contribution in [0.3, 0.4) is 0 Å². The molecule has 1 unspecified atom stereocenters. The molecule has 0 aliphatic carbocycles. The van der Waals surface area contributed by atoms with Gasteiger partial charge in [-0.05, 0) is 54.6 Å². The highest BCUT2D eigenvalue weighted by molar-refractivity contribution is 7.16. The van der Waals surface area contributed by atoms with E-state index >= 15 is 0 Å². The molecule has 2 N–H and O–H groups in total. The third-order valence-corrected chi connectivity index (χ3v) is 4.56. The Morgan fingerprint density at radius 3 is 2.80 bits per heavy atom. The number of fused-ring (bicyclic) bond motifs is 1. The Kier molecular flexibility index (Phi) is 3.83. The topological polar surface area (TPSA) is 30.9 Å². The molecule has 20 heavy (non-hydrogen) atoms. The second-order valence-corrected chi connectivity index (χ2v) is 7.02. The Hall–Kier alpha value is -1.29. The van der Waals surface area contributed by atoms with E-state index in [0.29, 0.717) is 0 Å². The second-order valence-electron chi connectivity index (χ2n) is 5.22. The molecule has 0 spiro atoms. The van der Waals surface area contributed by atoms with Gasteiger partial charge < -0.3 is 10.3 Å². The monoisotopic (exact) mass is 304 g/mol. The first-order valence-corrected chi connectivity index (χ1v) is 7.89. The van der Waals surface area contributed by atoms with Gasteiger partial charge in [0, 0.05) is 22.6 Å². The summed E-state index contributed by atoms with van der Waals surface area (Å²) in [7, 11) is 0. The number of nitrogens with two attached hydrogens (primary N) is 1. The van der Waals surface area contributed by atoms with E-state index in [9.17, 15) is 0 Å². The first-order valence-electron chi connectivity index (χ1n) is 6.69. The largest absolute Gasteiger partial charge is 0.342 e. The second kappa shape index (κ2) is 5.60. The minimum Gasteiger partial charge on any atom is -0.342 e. The zero-order chi connectivity index (χ0) is 14.1. The number of thiophene rings is 1. The van der Waals surface area contributed by atoms with Crippen molar-refractivity contribution in [2.75, 3.05) is 0 Å². The van der Waals surface area contributed by atoms with E-state index in [0.717, 1.165) is 17.3 Å². The quantitative estimate of drug-likeness (QED) is 0.765. The van der Waals surface area contributed by atoms with E-state index in [1.807, 2.05) is 13.0 Å². The Labute approximate surface area is 127 Å². The van der Waals surface area contributed by atoms with Gasteiger partial charge in [0.05, 0.1) is 10.9 Å². The zero-order valence-corrected chi connectivity index (χ0v) is 12.9. The van der Waals surface area contributed by atoms with Crippen LogP contribution in [0.4, 0.5) is 0 Å². The predicted octanol–water partition coefficient (Wildman–Crippen LogP) is 4.29. The van der Waals surface area contributed by atoms with Crippen molar-refractivity contribution in [3.8, 4) is 0 Å². The molecule has 0 amide bonds. The summed E-state index contributed by atoms with van der Waals surface area (Å²) < 4.78 is 3.10. The predicted molar refractivity (Wildman–Crippen MR) is 87.7 cm³/mol. The van der Waals surface area contributed by atoms with E-state index in [-0.39, 0.29) is 6.04 Å². The van der Waals surface area contributed by atoms with Gasteiger partial charge in [-0.3, -0.25) is 0 Å². The number of benzene rings is 1. The minimum atomic E-state index is 0.197. The maximum atomic E-state index is 5.99. The summed E-state index contributed by atoms with van der Waals surface area (Å²) in [6, 6.07) is 13.0. The molecule has 0 aliphatic rings. The number of hydrogen-bond donors (Lipinski definition) is 1. The van der Waals surface area contributed by atoms with Crippen molar-refractivity contribution < 1.29 is 0 Å². The van der Waals surface area contributed by atoms with E-state index in [4.69, 9.17) is 17.3 Å². The number of aromatic nitrogens is 1. The average molecular weight is 305 g/mol. The van der Waals surface area contributed by atoms with Gasteiger partial charge in [0.2, 0.25) is 0 Å². The SMILES string of the molecule is CC(N)Cc1ccc2c(ccn2Cc2ccc(Cl)s2)c1. The Bertz CT molecular complexity index is 727. The highest BCUT2D eigenvalue weighted by atomic mass is 35.5. The lowest BCUT2D eigenvalue weighted by Gasteiger charge is -2.07.